The predicted molar refractivity (Wildman–Crippen MR) is 78.1 cm³/mol. The zero-order chi connectivity index (χ0) is 15.1. The third kappa shape index (κ3) is 5.12. The van der Waals surface area contributed by atoms with E-state index in [2.05, 4.69) is 5.32 Å². The quantitative estimate of drug-likeness (QED) is 0.769. The van der Waals surface area contributed by atoms with E-state index in [-0.39, 0.29) is 23.7 Å². The number of carbonyl (C=O) groups excluding carboxylic acids is 2. The van der Waals surface area contributed by atoms with E-state index in [1.807, 2.05) is 25.7 Å². The van der Waals surface area contributed by atoms with Crippen LogP contribution in [0, 0.1) is 11.8 Å². The van der Waals surface area contributed by atoms with Crippen LogP contribution in [0.5, 0.6) is 0 Å². The summed E-state index contributed by atoms with van der Waals surface area (Å²) in [6.45, 7) is 7.45. The summed E-state index contributed by atoms with van der Waals surface area (Å²) >= 11 is 0. The Bertz CT molecular complexity index is 323. The molecule has 1 aliphatic heterocycles. The summed E-state index contributed by atoms with van der Waals surface area (Å²) in [5.74, 6) is 0.170. The molecule has 5 heteroatoms. The minimum Gasteiger partial charge on any atom is -0.391 e. The van der Waals surface area contributed by atoms with Gasteiger partial charge in [0.2, 0.25) is 11.8 Å². The van der Waals surface area contributed by atoms with Gasteiger partial charge in [-0.1, -0.05) is 27.2 Å². The van der Waals surface area contributed by atoms with Crippen LogP contribution >= 0.6 is 0 Å². The van der Waals surface area contributed by atoms with Crippen molar-refractivity contribution in [3.63, 3.8) is 0 Å². The molecule has 1 fully saturated rings. The molecule has 2 amide bonds. The molecular formula is C15H28N2O3. The number of likely N-dealkylation sites (tertiary alicyclic amines) is 1. The Morgan fingerprint density at radius 2 is 1.90 bits per heavy atom. The number of hydrogen-bond donors (Lipinski definition) is 2. The predicted octanol–water partition coefficient (Wildman–Crippen LogP) is 1.16. The van der Waals surface area contributed by atoms with Crippen molar-refractivity contribution in [1.29, 1.82) is 0 Å². The molecule has 1 unspecified atom stereocenters. The molecule has 0 aromatic rings. The smallest absolute Gasteiger partial charge is 0.225 e. The second-order valence-corrected chi connectivity index (χ2v) is 5.94. The maximum Gasteiger partial charge on any atom is 0.225 e. The maximum atomic E-state index is 12.0. The third-order valence-corrected chi connectivity index (χ3v) is 3.81. The highest BCUT2D eigenvalue weighted by atomic mass is 16.3. The molecular weight excluding hydrogens is 256 g/mol. The van der Waals surface area contributed by atoms with Crippen LogP contribution < -0.4 is 5.32 Å². The van der Waals surface area contributed by atoms with Crippen molar-refractivity contribution >= 4 is 11.8 Å². The minimum atomic E-state index is -0.452. The topological polar surface area (TPSA) is 69.6 Å². The van der Waals surface area contributed by atoms with Gasteiger partial charge in [-0.25, -0.2) is 0 Å². The van der Waals surface area contributed by atoms with Gasteiger partial charge in [-0.3, -0.25) is 9.59 Å². The molecule has 0 aromatic heterocycles. The summed E-state index contributed by atoms with van der Waals surface area (Å²) in [4.78, 5) is 25.7. The van der Waals surface area contributed by atoms with Crippen molar-refractivity contribution < 1.29 is 14.7 Å². The van der Waals surface area contributed by atoms with E-state index in [9.17, 15) is 14.7 Å². The summed E-state index contributed by atoms with van der Waals surface area (Å²) < 4.78 is 0. The lowest BCUT2D eigenvalue weighted by Gasteiger charge is -2.32. The standard InChI is InChI=1S/C15H28N2O3/c1-4-5-13(18)10-16-14(19)12-6-8-17(9-7-12)15(20)11(2)3/h11-13,18H,4-10H2,1-3H3,(H,16,19). The van der Waals surface area contributed by atoms with E-state index in [0.717, 1.165) is 6.42 Å². The maximum absolute atomic E-state index is 12.0. The number of nitrogens with one attached hydrogen (secondary N) is 1. The van der Waals surface area contributed by atoms with E-state index >= 15 is 0 Å². The largest absolute Gasteiger partial charge is 0.391 e. The molecule has 0 spiro atoms. The van der Waals surface area contributed by atoms with Gasteiger partial charge >= 0.3 is 0 Å². The second-order valence-electron chi connectivity index (χ2n) is 5.94. The van der Waals surface area contributed by atoms with E-state index in [4.69, 9.17) is 0 Å². The fraction of sp³-hybridized carbons (Fsp3) is 0.867. The van der Waals surface area contributed by atoms with E-state index in [1.165, 1.54) is 0 Å². The monoisotopic (exact) mass is 284 g/mol. The summed E-state index contributed by atoms with van der Waals surface area (Å²) in [5, 5.41) is 12.4. The first-order chi connectivity index (χ1) is 9.45. The van der Waals surface area contributed by atoms with Gasteiger partial charge in [0.05, 0.1) is 6.10 Å². The van der Waals surface area contributed by atoms with E-state index < -0.39 is 6.10 Å². The number of nitrogens with zero attached hydrogens (tertiary/aromatic N) is 1. The lowest BCUT2D eigenvalue weighted by Crippen LogP contribution is -2.45. The van der Waals surface area contributed by atoms with Crippen molar-refractivity contribution in [2.24, 2.45) is 11.8 Å². The van der Waals surface area contributed by atoms with Crippen LogP contribution in [-0.4, -0.2) is 47.6 Å². The molecule has 1 saturated heterocycles. The van der Waals surface area contributed by atoms with Gasteiger partial charge in [0.25, 0.3) is 0 Å². The van der Waals surface area contributed by atoms with Gasteiger partial charge in [0.1, 0.15) is 0 Å². The Morgan fingerprint density at radius 3 is 2.40 bits per heavy atom. The molecule has 1 heterocycles. The molecule has 20 heavy (non-hydrogen) atoms. The highest BCUT2D eigenvalue weighted by molar-refractivity contribution is 5.80. The van der Waals surface area contributed by atoms with Crippen molar-refractivity contribution in [1.82, 2.24) is 10.2 Å². The normalized spacial score (nSPS) is 18.1. The highest BCUT2D eigenvalue weighted by Crippen LogP contribution is 2.19. The van der Waals surface area contributed by atoms with Crippen LogP contribution in [0.4, 0.5) is 0 Å². The Morgan fingerprint density at radius 1 is 1.30 bits per heavy atom. The zero-order valence-electron chi connectivity index (χ0n) is 12.9. The van der Waals surface area contributed by atoms with Crippen LogP contribution in [0.15, 0.2) is 0 Å². The van der Waals surface area contributed by atoms with Gasteiger partial charge < -0.3 is 15.3 Å². The van der Waals surface area contributed by atoms with E-state index in [1.54, 1.807) is 0 Å². The third-order valence-electron chi connectivity index (χ3n) is 3.81. The summed E-state index contributed by atoms with van der Waals surface area (Å²) in [6.07, 6.45) is 2.60. The number of amides is 2. The van der Waals surface area contributed by atoms with Crippen LogP contribution in [0.2, 0.25) is 0 Å². The molecule has 0 aromatic carbocycles. The first-order valence-corrected chi connectivity index (χ1v) is 7.70. The van der Waals surface area contributed by atoms with Crippen molar-refractivity contribution in [3.8, 4) is 0 Å². The SMILES string of the molecule is CCCC(O)CNC(=O)C1CCN(C(=O)C(C)C)CC1. The number of hydrogen-bond acceptors (Lipinski definition) is 3. The van der Waals surface area contributed by atoms with Crippen LogP contribution in [0.3, 0.4) is 0 Å². The molecule has 2 N–H and O–H groups in total. The summed E-state index contributed by atoms with van der Waals surface area (Å²) in [6, 6.07) is 0. The Labute approximate surface area is 121 Å². The van der Waals surface area contributed by atoms with Gasteiger partial charge in [-0.2, -0.15) is 0 Å². The number of aliphatic hydroxyl groups is 1. The first kappa shape index (κ1) is 17.0. The van der Waals surface area contributed by atoms with Crippen LogP contribution in [0.1, 0.15) is 46.5 Å². The lowest BCUT2D eigenvalue weighted by molar-refractivity contribution is -0.138. The molecule has 0 aliphatic carbocycles. The highest BCUT2D eigenvalue weighted by Gasteiger charge is 2.28. The number of carbonyl (C=O) groups is 2. The van der Waals surface area contributed by atoms with Crippen LogP contribution in [-0.2, 0) is 9.59 Å². The second kappa shape index (κ2) is 8.25. The number of aliphatic hydroxyl groups excluding tert-OH is 1. The molecule has 116 valence electrons. The zero-order valence-corrected chi connectivity index (χ0v) is 12.9. The Kier molecular flexibility index (Phi) is 6.99. The molecule has 1 aliphatic rings. The summed E-state index contributed by atoms with van der Waals surface area (Å²) in [7, 11) is 0. The molecule has 1 rings (SSSR count). The van der Waals surface area contributed by atoms with Gasteiger partial charge in [0, 0.05) is 31.5 Å². The molecule has 1 atom stereocenters. The van der Waals surface area contributed by atoms with Crippen molar-refractivity contribution in [2.75, 3.05) is 19.6 Å². The molecule has 0 saturated carbocycles. The van der Waals surface area contributed by atoms with Crippen molar-refractivity contribution in [2.45, 2.75) is 52.6 Å². The fourth-order valence-corrected chi connectivity index (χ4v) is 2.53. The van der Waals surface area contributed by atoms with E-state index in [0.29, 0.717) is 38.9 Å². The fourth-order valence-electron chi connectivity index (χ4n) is 2.53. The molecule has 5 nitrogen and oxygen atoms in total. The average molecular weight is 284 g/mol. The Hall–Kier alpha value is -1.10. The van der Waals surface area contributed by atoms with Gasteiger partial charge in [-0.05, 0) is 19.3 Å². The average Bonchev–Trinajstić information content (AvgIpc) is 2.44. The number of rotatable bonds is 6. The minimum absolute atomic E-state index is 0.0109. The lowest BCUT2D eigenvalue weighted by atomic mass is 9.95. The molecule has 0 radical (unpaired) electrons. The van der Waals surface area contributed by atoms with Crippen molar-refractivity contribution in [3.05, 3.63) is 0 Å². The summed E-state index contributed by atoms with van der Waals surface area (Å²) in [5.41, 5.74) is 0. The van der Waals surface area contributed by atoms with Gasteiger partial charge in [0.15, 0.2) is 0 Å². The van der Waals surface area contributed by atoms with Gasteiger partial charge in [-0.15, -0.1) is 0 Å². The Balaban J connectivity index is 2.30. The molecule has 0 bridgehead atoms. The first-order valence-electron chi connectivity index (χ1n) is 7.70. The van der Waals surface area contributed by atoms with Crippen LogP contribution in [0.25, 0.3) is 0 Å². The number of piperidine rings is 1.